The van der Waals surface area contributed by atoms with E-state index >= 15 is 0 Å². The lowest BCUT2D eigenvalue weighted by Crippen LogP contribution is -2.46. The molecule has 0 saturated carbocycles. The highest BCUT2D eigenvalue weighted by atomic mass is 127. The number of hydrogen-bond acceptors (Lipinski definition) is 6. The average molecular weight is 540 g/mol. The minimum absolute atomic E-state index is 0. The second-order valence-corrected chi connectivity index (χ2v) is 6.86. The van der Waals surface area contributed by atoms with Gasteiger partial charge in [0.2, 0.25) is 5.91 Å². The fourth-order valence-corrected chi connectivity index (χ4v) is 3.28. The quantitative estimate of drug-likeness (QED) is 0.281. The molecule has 10 heteroatoms. The maximum absolute atomic E-state index is 12.1. The van der Waals surface area contributed by atoms with Gasteiger partial charge in [-0.05, 0) is 18.6 Å². The highest BCUT2D eigenvalue weighted by molar-refractivity contribution is 14.0. The summed E-state index contributed by atoms with van der Waals surface area (Å²) < 4.78 is 10.7. The summed E-state index contributed by atoms with van der Waals surface area (Å²) >= 11 is 0. The molecule has 1 amide bonds. The molecule has 1 aromatic carbocycles. The number of ether oxygens (including phenoxy) is 2. The zero-order chi connectivity index (χ0) is 21.3. The number of aromatic nitrogens is 1. The number of pyridine rings is 1. The van der Waals surface area contributed by atoms with Gasteiger partial charge in [0.05, 0.1) is 32.6 Å². The van der Waals surface area contributed by atoms with Crippen molar-refractivity contribution in [3.8, 4) is 11.5 Å². The molecule has 1 atom stereocenters. The van der Waals surface area contributed by atoms with Crippen LogP contribution in [-0.4, -0.2) is 63.8 Å². The summed E-state index contributed by atoms with van der Waals surface area (Å²) in [6.45, 7) is 1.81. The molecule has 1 aliphatic rings. The number of carbonyl (C=O) groups is 1. The molecule has 3 N–H and O–H groups in total. The van der Waals surface area contributed by atoms with Crippen molar-refractivity contribution < 1.29 is 14.3 Å². The Balaban J connectivity index is 0.00000341. The molecular weight excluding hydrogens is 511 g/mol. The van der Waals surface area contributed by atoms with Crippen LogP contribution in [0.3, 0.4) is 0 Å². The predicted molar refractivity (Wildman–Crippen MR) is 133 cm³/mol. The van der Waals surface area contributed by atoms with Gasteiger partial charge in [-0.3, -0.25) is 14.8 Å². The number of nitrogens with one attached hydrogen (secondary N) is 3. The number of carbonyl (C=O) groups excluding carboxylic acids is 1. The van der Waals surface area contributed by atoms with Crippen molar-refractivity contribution in [2.45, 2.75) is 12.5 Å². The van der Waals surface area contributed by atoms with Crippen LogP contribution in [0.5, 0.6) is 11.5 Å². The third kappa shape index (κ3) is 7.16. The van der Waals surface area contributed by atoms with Crippen LogP contribution in [0.2, 0.25) is 0 Å². The number of nitrogens with zero attached hydrogens (tertiary/aromatic N) is 3. The lowest BCUT2D eigenvalue weighted by molar-refractivity contribution is -0.115. The standard InChI is InChI=1S/C21H28N6O3.HI/c1-22-21(24-13-20(28)25-15-5-4-7-23-12-15)26-16-6-8-27(14-16)17-9-18(29-2)11-19(10-17)30-3;/h4-5,7,9-12,16H,6,8,13-14H2,1-3H3,(H,25,28)(H2,22,24,26);1H. The number of anilines is 2. The summed E-state index contributed by atoms with van der Waals surface area (Å²) in [6.07, 6.45) is 4.21. The maximum Gasteiger partial charge on any atom is 0.243 e. The van der Waals surface area contributed by atoms with Gasteiger partial charge >= 0.3 is 0 Å². The summed E-state index contributed by atoms with van der Waals surface area (Å²) in [5, 5.41) is 9.23. The van der Waals surface area contributed by atoms with Crippen molar-refractivity contribution in [3.05, 3.63) is 42.7 Å². The van der Waals surface area contributed by atoms with Crippen molar-refractivity contribution in [2.24, 2.45) is 4.99 Å². The van der Waals surface area contributed by atoms with Gasteiger partial charge in [-0.15, -0.1) is 24.0 Å². The first-order valence-electron chi connectivity index (χ1n) is 9.76. The topological polar surface area (TPSA) is 100 Å². The molecule has 2 heterocycles. The molecule has 1 unspecified atom stereocenters. The van der Waals surface area contributed by atoms with E-state index in [0.717, 1.165) is 36.7 Å². The van der Waals surface area contributed by atoms with Crippen molar-refractivity contribution in [1.29, 1.82) is 0 Å². The molecule has 0 bridgehead atoms. The minimum atomic E-state index is -0.164. The molecule has 9 nitrogen and oxygen atoms in total. The van der Waals surface area contributed by atoms with Crippen molar-refractivity contribution in [1.82, 2.24) is 15.6 Å². The Hall–Kier alpha value is -2.76. The number of guanidine groups is 1. The van der Waals surface area contributed by atoms with E-state index in [1.807, 2.05) is 18.2 Å². The van der Waals surface area contributed by atoms with Gasteiger partial charge in [0.15, 0.2) is 5.96 Å². The smallest absolute Gasteiger partial charge is 0.243 e. The average Bonchev–Trinajstić information content (AvgIpc) is 3.25. The Kier molecular flexibility index (Phi) is 9.63. The Bertz CT molecular complexity index is 858. The first-order chi connectivity index (χ1) is 14.6. The van der Waals surface area contributed by atoms with Crippen LogP contribution in [0, 0.1) is 0 Å². The van der Waals surface area contributed by atoms with Crippen molar-refractivity contribution >= 4 is 47.2 Å². The van der Waals surface area contributed by atoms with Gasteiger partial charge in [-0.25, -0.2) is 0 Å². The van der Waals surface area contributed by atoms with Gasteiger partial charge < -0.3 is 30.3 Å². The third-order valence-corrected chi connectivity index (χ3v) is 4.82. The molecule has 0 radical (unpaired) electrons. The maximum atomic E-state index is 12.1. The lowest BCUT2D eigenvalue weighted by Gasteiger charge is -2.21. The largest absolute Gasteiger partial charge is 0.497 e. The van der Waals surface area contributed by atoms with E-state index in [0.29, 0.717) is 11.6 Å². The van der Waals surface area contributed by atoms with Crippen LogP contribution in [0.15, 0.2) is 47.7 Å². The van der Waals surface area contributed by atoms with Gasteiger partial charge in [0, 0.05) is 56.3 Å². The van der Waals surface area contributed by atoms with Crippen LogP contribution in [0.25, 0.3) is 0 Å². The predicted octanol–water partition coefficient (Wildman–Crippen LogP) is 2.10. The zero-order valence-corrected chi connectivity index (χ0v) is 20.3. The van der Waals surface area contributed by atoms with Crippen LogP contribution in [-0.2, 0) is 4.79 Å². The van der Waals surface area contributed by atoms with Gasteiger partial charge in [0.1, 0.15) is 11.5 Å². The van der Waals surface area contributed by atoms with Gasteiger partial charge in [-0.2, -0.15) is 0 Å². The number of halogens is 1. The molecule has 31 heavy (non-hydrogen) atoms. The number of aliphatic imine (C=N–C) groups is 1. The Morgan fingerprint density at radius 2 is 2.00 bits per heavy atom. The van der Waals surface area contributed by atoms with Crippen LogP contribution >= 0.6 is 24.0 Å². The Labute approximate surface area is 199 Å². The zero-order valence-electron chi connectivity index (χ0n) is 17.9. The number of hydrogen-bond donors (Lipinski definition) is 3. The lowest BCUT2D eigenvalue weighted by atomic mass is 10.2. The summed E-state index contributed by atoms with van der Waals surface area (Å²) in [4.78, 5) is 22.6. The first-order valence-corrected chi connectivity index (χ1v) is 9.76. The number of benzene rings is 1. The summed E-state index contributed by atoms with van der Waals surface area (Å²) in [6, 6.07) is 9.63. The molecule has 0 spiro atoms. The second-order valence-electron chi connectivity index (χ2n) is 6.86. The molecule has 1 saturated heterocycles. The molecule has 1 fully saturated rings. The molecular formula is C21H29IN6O3. The Morgan fingerprint density at radius 1 is 1.26 bits per heavy atom. The molecule has 1 aliphatic heterocycles. The molecule has 0 aliphatic carbocycles. The van der Waals surface area contributed by atoms with E-state index < -0.39 is 0 Å². The first kappa shape index (κ1) is 24.5. The van der Waals surface area contributed by atoms with Gasteiger partial charge in [0.25, 0.3) is 0 Å². The van der Waals surface area contributed by atoms with E-state index in [-0.39, 0.29) is 42.5 Å². The normalized spacial score (nSPS) is 15.6. The molecule has 3 rings (SSSR count). The monoisotopic (exact) mass is 540 g/mol. The Morgan fingerprint density at radius 3 is 2.61 bits per heavy atom. The summed E-state index contributed by atoms with van der Waals surface area (Å²) in [7, 11) is 4.98. The SMILES string of the molecule is CN=C(NCC(=O)Nc1cccnc1)NC1CCN(c2cc(OC)cc(OC)c2)C1.I. The van der Waals surface area contributed by atoms with Crippen LogP contribution in [0.1, 0.15) is 6.42 Å². The minimum Gasteiger partial charge on any atom is -0.497 e. The molecule has 1 aromatic heterocycles. The number of methoxy groups -OCH3 is 2. The fraction of sp³-hybridized carbons (Fsp3) is 0.381. The van der Waals surface area contributed by atoms with Crippen molar-refractivity contribution in [2.75, 3.05) is 51.1 Å². The van der Waals surface area contributed by atoms with E-state index in [4.69, 9.17) is 9.47 Å². The fourth-order valence-electron chi connectivity index (χ4n) is 3.28. The summed E-state index contributed by atoms with van der Waals surface area (Å²) in [5.74, 6) is 1.95. The third-order valence-electron chi connectivity index (χ3n) is 4.82. The van der Waals surface area contributed by atoms with Gasteiger partial charge in [-0.1, -0.05) is 0 Å². The van der Waals surface area contributed by atoms with Crippen LogP contribution in [0.4, 0.5) is 11.4 Å². The van der Waals surface area contributed by atoms with E-state index in [9.17, 15) is 4.79 Å². The second kappa shape index (κ2) is 12.2. The van der Waals surface area contributed by atoms with E-state index in [1.165, 1.54) is 0 Å². The highest BCUT2D eigenvalue weighted by Crippen LogP contribution is 2.30. The van der Waals surface area contributed by atoms with Crippen LogP contribution < -0.4 is 30.3 Å². The molecule has 2 aromatic rings. The highest BCUT2D eigenvalue weighted by Gasteiger charge is 2.24. The molecule has 168 valence electrons. The van der Waals surface area contributed by atoms with E-state index in [1.54, 1.807) is 45.8 Å². The number of amides is 1. The number of rotatable bonds is 7. The summed E-state index contributed by atoms with van der Waals surface area (Å²) in [5.41, 5.74) is 1.71. The van der Waals surface area contributed by atoms with E-state index in [2.05, 4.69) is 30.8 Å². The van der Waals surface area contributed by atoms with Crippen molar-refractivity contribution in [3.63, 3.8) is 0 Å².